The van der Waals surface area contributed by atoms with Crippen LogP contribution in [-0.4, -0.2) is 13.1 Å². The number of allylic oxidation sites excluding steroid dienone is 1. The minimum Gasteiger partial charge on any atom is -0.317 e. The highest BCUT2D eigenvalue weighted by Crippen LogP contribution is 2.15. The van der Waals surface area contributed by atoms with E-state index in [0.717, 1.165) is 0 Å². The first-order valence-electron chi connectivity index (χ1n) is 18.7. The summed E-state index contributed by atoms with van der Waals surface area (Å²) in [5.41, 5.74) is 0. The van der Waals surface area contributed by atoms with Gasteiger partial charge in [0.05, 0.1) is 0 Å². The van der Waals surface area contributed by atoms with E-state index < -0.39 is 0 Å². The summed E-state index contributed by atoms with van der Waals surface area (Å²) in [7, 11) is 0. The molecule has 1 nitrogen and oxygen atoms in total. The average molecular weight is 548 g/mol. The van der Waals surface area contributed by atoms with Gasteiger partial charge >= 0.3 is 0 Å². The normalized spacial score (nSPS) is 11.4. The number of rotatable bonds is 36. The zero-order valence-electron chi connectivity index (χ0n) is 27.5. The Morgan fingerprint density at radius 2 is 0.564 bits per heavy atom. The highest BCUT2D eigenvalue weighted by Gasteiger charge is 1.97. The van der Waals surface area contributed by atoms with Gasteiger partial charge in [-0.2, -0.15) is 0 Å². The van der Waals surface area contributed by atoms with Crippen molar-refractivity contribution in [2.45, 2.75) is 219 Å². The fourth-order valence-electron chi connectivity index (χ4n) is 5.94. The van der Waals surface area contributed by atoms with Gasteiger partial charge in [0.2, 0.25) is 0 Å². The van der Waals surface area contributed by atoms with Gasteiger partial charge in [0.15, 0.2) is 0 Å². The topological polar surface area (TPSA) is 12.0 Å². The molecule has 0 aromatic carbocycles. The monoisotopic (exact) mass is 548 g/mol. The highest BCUT2D eigenvalue weighted by atomic mass is 14.8. The maximum atomic E-state index is 3.80. The number of unbranched alkanes of at least 4 members (excludes halogenated alkanes) is 31. The van der Waals surface area contributed by atoms with Gasteiger partial charge in [-0.3, -0.25) is 0 Å². The predicted octanol–water partition coefficient (Wildman–Crippen LogP) is 13.7. The smallest absolute Gasteiger partial charge is 0.00489 e. The quantitative estimate of drug-likeness (QED) is 0.0607. The van der Waals surface area contributed by atoms with Crippen LogP contribution in [0.15, 0.2) is 12.7 Å². The molecule has 0 bridgehead atoms. The van der Waals surface area contributed by atoms with Crippen molar-refractivity contribution in [3.8, 4) is 0 Å². The number of hydrogen-bond acceptors (Lipinski definition) is 1. The van der Waals surface area contributed by atoms with E-state index in [9.17, 15) is 0 Å². The van der Waals surface area contributed by atoms with Gasteiger partial charge in [-0.05, 0) is 38.8 Å². The molecule has 0 atom stereocenters. The third kappa shape index (κ3) is 37.7. The Labute approximate surface area is 249 Å². The summed E-state index contributed by atoms with van der Waals surface area (Å²) in [6.07, 6.45) is 49.7. The zero-order valence-corrected chi connectivity index (χ0v) is 27.5. The van der Waals surface area contributed by atoms with Crippen LogP contribution in [0.5, 0.6) is 0 Å². The molecule has 0 aliphatic carbocycles. The third-order valence-corrected chi connectivity index (χ3v) is 8.72. The van der Waals surface area contributed by atoms with Crippen molar-refractivity contribution >= 4 is 0 Å². The van der Waals surface area contributed by atoms with Crippen LogP contribution in [0.2, 0.25) is 0 Å². The lowest BCUT2D eigenvalue weighted by Crippen LogP contribution is -2.16. The molecular weight excluding hydrogens is 470 g/mol. The van der Waals surface area contributed by atoms with E-state index in [-0.39, 0.29) is 0 Å². The van der Waals surface area contributed by atoms with Gasteiger partial charge in [-0.1, -0.05) is 199 Å². The SMILES string of the molecule is C=CCCCCCCCCCCCCCCCCCCNCCCCCCCCCCCCCCCCCC. The van der Waals surface area contributed by atoms with E-state index in [1.165, 1.54) is 225 Å². The van der Waals surface area contributed by atoms with Crippen LogP contribution in [0.1, 0.15) is 219 Å². The van der Waals surface area contributed by atoms with E-state index in [2.05, 4.69) is 24.9 Å². The fraction of sp³-hybridized carbons (Fsp3) is 0.947. The largest absolute Gasteiger partial charge is 0.317 e. The summed E-state index contributed by atoms with van der Waals surface area (Å²) < 4.78 is 0. The van der Waals surface area contributed by atoms with Crippen molar-refractivity contribution in [1.82, 2.24) is 5.32 Å². The van der Waals surface area contributed by atoms with Crippen molar-refractivity contribution in [2.75, 3.05) is 13.1 Å². The summed E-state index contributed by atoms with van der Waals surface area (Å²) in [6.45, 7) is 8.60. The Morgan fingerprint density at radius 3 is 0.821 bits per heavy atom. The van der Waals surface area contributed by atoms with E-state index in [4.69, 9.17) is 0 Å². The van der Waals surface area contributed by atoms with Crippen molar-refractivity contribution in [1.29, 1.82) is 0 Å². The molecule has 0 aromatic rings. The first kappa shape index (κ1) is 38.7. The summed E-state index contributed by atoms with van der Waals surface area (Å²) in [6, 6.07) is 0. The van der Waals surface area contributed by atoms with Gasteiger partial charge in [0.25, 0.3) is 0 Å². The summed E-state index contributed by atoms with van der Waals surface area (Å²) in [4.78, 5) is 0. The van der Waals surface area contributed by atoms with Crippen molar-refractivity contribution < 1.29 is 0 Å². The van der Waals surface area contributed by atoms with Gasteiger partial charge in [0.1, 0.15) is 0 Å². The lowest BCUT2D eigenvalue weighted by atomic mass is 10.0. The van der Waals surface area contributed by atoms with Crippen molar-refractivity contribution in [2.24, 2.45) is 0 Å². The van der Waals surface area contributed by atoms with Crippen molar-refractivity contribution in [3.05, 3.63) is 12.7 Å². The predicted molar refractivity (Wildman–Crippen MR) is 181 cm³/mol. The number of nitrogens with one attached hydrogen (secondary N) is 1. The number of hydrogen-bond donors (Lipinski definition) is 1. The Kier molecular flexibility index (Phi) is 37.4. The average Bonchev–Trinajstić information content (AvgIpc) is 2.95. The standard InChI is InChI=1S/C38H77N/c1-3-5-7-9-11-13-15-17-19-21-22-24-26-28-30-32-34-36-38-39-37-35-33-31-29-27-25-23-20-18-16-14-12-10-8-6-4-2/h3,39H,1,4-38H2,2H3. The zero-order chi connectivity index (χ0) is 28.2. The molecule has 0 heterocycles. The molecule has 1 N–H and O–H groups in total. The summed E-state index contributed by atoms with van der Waals surface area (Å²) >= 11 is 0. The minimum absolute atomic E-state index is 1.21. The van der Waals surface area contributed by atoms with Crippen LogP contribution in [0.25, 0.3) is 0 Å². The Morgan fingerprint density at radius 1 is 0.333 bits per heavy atom. The Hall–Kier alpha value is -0.300. The molecule has 0 spiro atoms. The summed E-state index contributed by atoms with van der Waals surface area (Å²) in [5.74, 6) is 0. The molecule has 0 unspecified atom stereocenters. The second-order valence-electron chi connectivity index (χ2n) is 12.8. The fourth-order valence-corrected chi connectivity index (χ4v) is 5.94. The van der Waals surface area contributed by atoms with E-state index in [0.29, 0.717) is 0 Å². The van der Waals surface area contributed by atoms with Crippen LogP contribution in [0.3, 0.4) is 0 Å². The second-order valence-corrected chi connectivity index (χ2v) is 12.8. The van der Waals surface area contributed by atoms with Gasteiger partial charge in [0, 0.05) is 0 Å². The highest BCUT2D eigenvalue weighted by molar-refractivity contribution is 4.65. The molecule has 0 rings (SSSR count). The molecule has 0 saturated heterocycles. The molecule has 0 saturated carbocycles. The maximum Gasteiger partial charge on any atom is -0.00489 e. The molecule has 234 valence electrons. The van der Waals surface area contributed by atoms with E-state index in [1.54, 1.807) is 0 Å². The summed E-state index contributed by atoms with van der Waals surface area (Å²) in [5, 5.41) is 3.69. The molecule has 0 aromatic heterocycles. The lowest BCUT2D eigenvalue weighted by molar-refractivity contribution is 0.515. The van der Waals surface area contributed by atoms with Crippen molar-refractivity contribution in [3.63, 3.8) is 0 Å². The molecular formula is C38H77N. The molecule has 0 aliphatic heterocycles. The minimum atomic E-state index is 1.21. The second kappa shape index (κ2) is 37.7. The van der Waals surface area contributed by atoms with Crippen LogP contribution >= 0.6 is 0 Å². The molecule has 39 heavy (non-hydrogen) atoms. The first-order chi connectivity index (χ1) is 19.4. The molecule has 0 amide bonds. The van der Waals surface area contributed by atoms with E-state index >= 15 is 0 Å². The third-order valence-electron chi connectivity index (χ3n) is 8.72. The maximum absolute atomic E-state index is 3.80. The van der Waals surface area contributed by atoms with Gasteiger partial charge < -0.3 is 5.32 Å². The van der Waals surface area contributed by atoms with Crippen LogP contribution in [-0.2, 0) is 0 Å². The van der Waals surface area contributed by atoms with Gasteiger partial charge in [-0.25, -0.2) is 0 Å². The molecule has 1 heteroatoms. The first-order valence-corrected chi connectivity index (χ1v) is 18.7. The Balaban J connectivity index is 3.02. The van der Waals surface area contributed by atoms with E-state index in [1.807, 2.05) is 0 Å². The van der Waals surface area contributed by atoms with Crippen LogP contribution < -0.4 is 5.32 Å². The van der Waals surface area contributed by atoms with Crippen LogP contribution in [0.4, 0.5) is 0 Å². The molecule has 0 aliphatic rings. The van der Waals surface area contributed by atoms with Crippen LogP contribution in [0, 0.1) is 0 Å². The lowest BCUT2D eigenvalue weighted by Gasteiger charge is -2.06. The molecule has 0 fully saturated rings. The molecule has 0 radical (unpaired) electrons. The Bertz CT molecular complexity index is 417. The van der Waals surface area contributed by atoms with Gasteiger partial charge in [-0.15, -0.1) is 6.58 Å².